The van der Waals surface area contributed by atoms with Gasteiger partial charge in [0.25, 0.3) is 5.91 Å². The topological polar surface area (TPSA) is 72.3 Å². The van der Waals surface area contributed by atoms with E-state index in [9.17, 15) is 4.79 Å². The van der Waals surface area contributed by atoms with Gasteiger partial charge in [-0.25, -0.2) is 0 Å². The SMILES string of the molecule is Cc1ccccc1CN(C)c1ccc(N)c(C(N)=O)c1. The highest BCUT2D eigenvalue weighted by Crippen LogP contribution is 2.22. The molecule has 0 aliphatic rings. The third kappa shape index (κ3) is 2.91. The molecule has 0 aromatic heterocycles. The summed E-state index contributed by atoms with van der Waals surface area (Å²) in [4.78, 5) is 13.4. The molecule has 0 unspecified atom stereocenters. The largest absolute Gasteiger partial charge is 0.398 e. The number of amides is 1. The van der Waals surface area contributed by atoms with Crippen LogP contribution in [-0.2, 0) is 6.54 Å². The van der Waals surface area contributed by atoms with E-state index < -0.39 is 5.91 Å². The first-order chi connectivity index (χ1) is 9.49. The van der Waals surface area contributed by atoms with E-state index in [-0.39, 0.29) is 0 Å². The Hall–Kier alpha value is -2.49. The zero-order chi connectivity index (χ0) is 14.7. The second kappa shape index (κ2) is 5.65. The molecule has 0 bridgehead atoms. The molecular weight excluding hydrogens is 250 g/mol. The summed E-state index contributed by atoms with van der Waals surface area (Å²) in [5.74, 6) is -0.506. The number of benzene rings is 2. The Bertz CT molecular complexity index is 637. The number of primary amides is 1. The van der Waals surface area contributed by atoms with Crippen LogP contribution in [0.5, 0.6) is 0 Å². The summed E-state index contributed by atoms with van der Waals surface area (Å²) in [6.45, 7) is 2.84. The second-order valence-electron chi connectivity index (χ2n) is 4.92. The molecule has 4 N–H and O–H groups in total. The monoisotopic (exact) mass is 269 g/mol. The molecule has 4 heteroatoms. The van der Waals surface area contributed by atoms with Crippen molar-refractivity contribution in [2.24, 2.45) is 5.73 Å². The van der Waals surface area contributed by atoms with Crippen LogP contribution in [-0.4, -0.2) is 13.0 Å². The molecule has 0 heterocycles. The summed E-state index contributed by atoms with van der Waals surface area (Å²) >= 11 is 0. The summed E-state index contributed by atoms with van der Waals surface area (Å²) < 4.78 is 0. The van der Waals surface area contributed by atoms with Crippen molar-refractivity contribution in [3.63, 3.8) is 0 Å². The minimum absolute atomic E-state index is 0.360. The maximum atomic E-state index is 11.3. The number of hydrogen-bond acceptors (Lipinski definition) is 3. The van der Waals surface area contributed by atoms with Gasteiger partial charge in [-0.05, 0) is 36.2 Å². The number of hydrogen-bond donors (Lipinski definition) is 2. The van der Waals surface area contributed by atoms with Gasteiger partial charge >= 0.3 is 0 Å². The molecule has 2 aromatic carbocycles. The molecular formula is C16H19N3O. The molecule has 0 spiro atoms. The predicted molar refractivity (Wildman–Crippen MR) is 82.7 cm³/mol. The van der Waals surface area contributed by atoms with E-state index in [1.165, 1.54) is 11.1 Å². The molecule has 2 aromatic rings. The predicted octanol–water partition coefficient (Wildman–Crippen LogP) is 2.31. The number of nitrogens with zero attached hydrogens (tertiary/aromatic N) is 1. The van der Waals surface area contributed by atoms with Crippen molar-refractivity contribution in [1.82, 2.24) is 0 Å². The fourth-order valence-electron chi connectivity index (χ4n) is 2.13. The van der Waals surface area contributed by atoms with E-state index in [1.54, 1.807) is 12.1 Å². The molecule has 0 saturated heterocycles. The lowest BCUT2D eigenvalue weighted by atomic mass is 10.1. The molecule has 0 saturated carbocycles. The van der Waals surface area contributed by atoms with E-state index in [0.717, 1.165) is 12.2 Å². The number of nitrogens with two attached hydrogens (primary N) is 2. The number of anilines is 2. The fraction of sp³-hybridized carbons (Fsp3) is 0.188. The molecule has 104 valence electrons. The average Bonchev–Trinajstić information content (AvgIpc) is 2.41. The van der Waals surface area contributed by atoms with Gasteiger partial charge < -0.3 is 16.4 Å². The maximum Gasteiger partial charge on any atom is 0.250 e. The van der Waals surface area contributed by atoms with Crippen LogP contribution in [0.3, 0.4) is 0 Å². The number of nitrogen functional groups attached to an aromatic ring is 1. The van der Waals surface area contributed by atoms with Crippen LogP contribution in [0.4, 0.5) is 11.4 Å². The molecule has 0 radical (unpaired) electrons. The summed E-state index contributed by atoms with van der Waals surface area (Å²) in [5.41, 5.74) is 15.2. The van der Waals surface area contributed by atoms with Crippen molar-refractivity contribution in [2.45, 2.75) is 13.5 Å². The standard InChI is InChI=1S/C16H19N3O/c1-11-5-3-4-6-12(11)10-19(2)13-7-8-15(17)14(9-13)16(18)20/h3-9H,10,17H2,1-2H3,(H2,18,20). The lowest BCUT2D eigenvalue weighted by Gasteiger charge is -2.21. The Morgan fingerprint density at radius 1 is 1.20 bits per heavy atom. The summed E-state index contributed by atoms with van der Waals surface area (Å²) in [6, 6.07) is 13.6. The molecule has 0 atom stereocenters. The highest BCUT2D eigenvalue weighted by molar-refractivity contribution is 5.99. The van der Waals surface area contributed by atoms with Gasteiger partial charge in [-0.2, -0.15) is 0 Å². The molecule has 2 rings (SSSR count). The van der Waals surface area contributed by atoms with Gasteiger partial charge in [0.05, 0.1) is 5.56 Å². The second-order valence-corrected chi connectivity index (χ2v) is 4.92. The Morgan fingerprint density at radius 2 is 1.90 bits per heavy atom. The zero-order valence-electron chi connectivity index (χ0n) is 11.8. The van der Waals surface area contributed by atoms with Crippen molar-refractivity contribution in [3.8, 4) is 0 Å². The van der Waals surface area contributed by atoms with E-state index in [4.69, 9.17) is 11.5 Å². The Balaban J connectivity index is 2.26. The molecule has 4 nitrogen and oxygen atoms in total. The quantitative estimate of drug-likeness (QED) is 0.837. The van der Waals surface area contributed by atoms with Crippen LogP contribution in [0.15, 0.2) is 42.5 Å². The van der Waals surface area contributed by atoms with Gasteiger partial charge in [-0.3, -0.25) is 4.79 Å². The van der Waals surface area contributed by atoms with Gasteiger partial charge in [-0.1, -0.05) is 24.3 Å². The van der Waals surface area contributed by atoms with Crippen LogP contribution in [0, 0.1) is 6.92 Å². The highest BCUT2D eigenvalue weighted by atomic mass is 16.1. The van der Waals surface area contributed by atoms with E-state index in [0.29, 0.717) is 11.3 Å². The molecule has 20 heavy (non-hydrogen) atoms. The van der Waals surface area contributed by atoms with E-state index in [1.807, 2.05) is 25.2 Å². The summed E-state index contributed by atoms with van der Waals surface area (Å²) in [5, 5.41) is 0. The van der Waals surface area contributed by atoms with Gasteiger partial charge in [0.2, 0.25) is 0 Å². The van der Waals surface area contributed by atoms with Crippen LogP contribution in [0.25, 0.3) is 0 Å². The van der Waals surface area contributed by atoms with Crippen molar-refractivity contribution in [2.75, 3.05) is 17.7 Å². The van der Waals surface area contributed by atoms with Crippen molar-refractivity contribution in [1.29, 1.82) is 0 Å². The third-order valence-corrected chi connectivity index (χ3v) is 3.41. The average molecular weight is 269 g/mol. The number of aryl methyl sites for hydroxylation is 1. The van der Waals surface area contributed by atoms with Crippen LogP contribution < -0.4 is 16.4 Å². The van der Waals surface area contributed by atoms with E-state index >= 15 is 0 Å². The lowest BCUT2D eigenvalue weighted by molar-refractivity contribution is 0.100. The van der Waals surface area contributed by atoms with Crippen LogP contribution in [0.2, 0.25) is 0 Å². The third-order valence-electron chi connectivity index (χ3n) is 3.41. The van der Waals surface area contributed by atoms with Crippen LogP contribution >= 0.6 is 0 Å². The van der Waals surface area contributed by atoms with Gasteiger partial charge in [0.1, 0.15) is 0 Å². The Kier molecular flexibility index (Phi) is 3.94. The summed E-state index contributed by atoms with van der Waals surface area (Å²) in [7, 11) is 1.97. The van der Waals surface area contributed by atoms with Gasteiger partial charge in [-0.15, -0.1) is 0 Å². The molecule has 1 amide bonds. The first kappa shape index (κ1) is 13.9. The highest BCUT2D eigenvalue weighted by Gasteiger charge is 2.10. The molecule has 0 fully saturated rings. The zero-order valence-corrected chi connectivity index (χ0v) is 11.8. The number of rotatable bonds is 4. The van der Waals surface area contributed by atoms with E-state index in [2.05, 4.69) is 24.0 Å². The van der Waals surface area contributed by atoms with Gasteiger partial charge in [0, 0.05) is 25.0 Å². The fourth-order valence-corrected chi connectivity index (χ4v) is 2.13. The first-order valence-corrected chi connectivity index (χ1v) is 6.44. The van der Waals surface area contributed by atoms with Crippen molar-refractivity contribution < 1.29 is 4.79 Å². The Morgan fingerprint density at radius 3 is 2.55 bits per heavy atom. The number of carbonyl (C=O) groups is 1. The van der Waals surface area contributed by atoms with Gasteiger partial charge in [0.15, 0.2) is 0 Å². The lowest BCUT2D eigenvalue weighted by Crippen LogP contribution is -2.19. The van der Waals surface area contributed by atoms with Crippen molar-refractivity contribution >= 4 is 17.3 Å². The number of carbonyl (C=O) groups excluding carboxylic acids is 1. The molecule has 0 aliphatic heterocycles. The normalized spacial score (nSPS) is 10.3. The minimum Gasteiger partial charge on any atom is -0.398 e. The molecule has 0 aliphatic carbocycles. The maximum absolute atomic E-state index is 11.3. The smallest absolute Gasteiger partial charge is 0.250 e. The summed E-state index contributed by atoms with van der Waals surface area (Å²) in [6.07, 6.45) is 0. The first-order valence-electron chi connectivity index (χ1n) is 6.44. The minimum atomic E-state index is -0.506. The Labute approximate surface area is 119 Å². The van der Waals surface area contributed by atoms with Crippen LogP contribution in [0.1, 0.15) is 21.5 Å². The van der Waals surface area contributed by atoms with Crippen molar-refractivity contribution in [3.05, 3.63) is 59.2 Å².